The number of hydrogen-bond acceptors (Lipinski definition) is 5. The maximum absolute atomic E-state index is 13.4. The molecular formula is C24H39N5O4. The molecule has 1 aromatic rings. The van der Waals surface area contributed by atoms with E-state index in [0.717, 1.165) is 32.1 Å². The molecule has 1 aromatic heterocycles. The molecule has 2 atom stereocenters. The molecule has 1 heterocycles. The summed E-state index contributed by atoms with van der Waals surface area (Å²) in [7, 11) is 0. The van der Waals surface area contributed by atoms with E-state index in [1.807, 2.05) is 13.8 Å². The topological polar surface area (TPSA) is 132 Å². The highest BCUT2D eigenvalue weighted by Gasteiger charge is 2.55. The van der Waals surface area contributed by atoms with Gasteiger partial charge in [-0.05, 0) is 76.0 Å². The van der Waals surface area contributed by atoms with E-state index < -0.39 is 17.2 Å². The molecule has 4 fully saturated rings. The monoisotopic (exact) mass is 461 g/mol. The quantitative estimate of drug-likeness (QED) is 0.448. The van der Waals surface area contributed by atoms with Crippen LogP contribution >= 0.6 is 0 Å². The summed E-state index contributed by atoms with van der Waals surface area (Å²) in [6, 6.07) is -0.480. The van der Waals surface area contributed by atoms with Crippen LogP contribution in [0.2, 0.25) is 0 Å². The number of carbonyl (C=O) groups is 2. The van der Waals surface area contributed by atoms with E-state index in [9.17, 15) is 14.7 Å². The lowest BCUT2D eigenvalue weighted by Crippen LogP contribution is -2.61. The summed E-state index contributed by atoms with van der Waals surface area (Å²) in [6.45, 7) is 8.84. The summed E-state index contributed by atoms with van der Waals surface area (Å²) in [4.78, 5) is 24.6. The molecule has 0 spiro atoms. The smallest absolute Gasteiger partial charge is 0.312 e. The van der Waals surface area contributed by atoms with Crippen molar-refractivity contribution >= 4 is 11.9 Å². The van der Waals surface area contributed by atoms with Gasteiger partial charge in [0.15, 0.2) is 0 Å². The van der Waals surface area contributed by atoms with Crippen molar-refractivity contribution in [3.63, 3.8) is 0 Å². The van der Waals surface area contributed by atoms with Gasteiger partial charge in [0.1, 0.15) is 5.56 Å². The number of primary amides is 1. The highest BCUT2D eigenvalue weighted by molar-refractivity contribution is 5.96. The SMILES string of the molecule is CC(C)COc1c(C(=O)N[C@H]2C3CC4CC2C[C@](O)(C4)C3)cnn1CCC(C)(C)NC(N)=O. The Morgan fingerprint density at radius 2 is 1.97 bits per heavy atom. The second-order valence-electron chi connectivity index (χ2n) is 11.6. The van der Waals surface area contributed by atoms with Crippen molar-refractivity contribution in [1.29, 1.82) is 0 Å². The Morgan fingerprint density at radius 3 is 2.55 bits per heavy atom. The maximum Gasteiger partial charge on any atom is 0.312 e. The molecule has 4 aliphatic carbocycles. The Labute approximate surface area is 195 Å². The van der Waals surface area contributed by atoms with Crippen molar-refractivity contribution in [3.05, 3.63) is 11.8 Å². The first-order chi connectivity index (χ1) is 15.4. The summed E-state index contributed by atoms with van der Waals surface area (Å²) in [5, 5.41) is 21.3. The number of aliphatic hydroxyl groups is 1. The van der Waals surface area contributed by atoms with E-state index in [2.05, 4.69) is 29.6 Å². The zero-order chi connectivity index (χ0) is 24.0. The Morgan fingerprint density at radius 1 is 1.30 bits per heavy atom. The van der Waals surface area contributed by atoms with Crippen LogP contribution in [-0.4, -0.2) is 50.6 Å². The molecule has 0 radical (unpaired) electrons. The van der Waals surface area contributed by atoms with Crippen LogP contribution in [0.25, 0.3) is 0 Å². The third kappa shape index (κ3) is 5.28. The summed E-state index contributed by atoms with van der Waals surface area (Å²) in [5.41, 5.74) is 4.67. The normalized spacial score (nSPS) is 30.5. The number of nitrogens with zero attached hydrogens (tertiary/aromatic N) is 2. The van der Waals surface area contributed by atoms with Gasteiger partial charge in [0, 0.05) is 18.1 Å². The first-order valence-electron chi connectivity index (χ1n) is 12.2. The molecule has 4 saturated carbocycles. The van der Waals surface area contributed by atoms with E-state index in [0.29, 0.717) is 54.7 Å². The minimum atomic E-state index is -0.572. The highest BCUT2D eigenvalue weighted by atomic mass is 16.5. The lowest BCUT2D eigenvalue weighted by molar-refractivity contribution is -0.136. The number of aromatic nitrogens is 2. The van der Waals surface area contributed by atoms with Gasteiger partial charge in [-0.3, -0.25) is 4.79 Å². The summed E-state index contributed by atoms with van der Waals surface area (Å²) in [6.07, 6.45) is 6.79. The molecule has 0 aliphatic heterocycles. The minimum Gasteiger partial charge on any atom is -0.477 e. The van der Waals surface area contributed by atoms with Crippen LogP contribution in [0.3, 0.4) is 0 Å². The fraction of sp³-hybridized carbons (Fsp3) is 0.792. The fourth-order valence-corrected chi connectivity index (χ4v) is 6.31. The maximum atomic E-state index is 13.4. The zero-order valence-electron chi connectivity index (χ0n) is 20.3. The number of amides is 3. The van der Waals surface area contributed by atoms with Crippen molar-refractivity contribution in [3.8, 4) is 5.88 Å². The van der Waals surface area contributed by atoms with Gasteiger partial charge < -0.3 is 26.2 Å². The van der Waals surface area contributed by atoms with E-state index in [1.54, 1.807) is 10.9 Å². The number of urea groups is 1. The van der Waals surface area contributed by atoms with Gasteiger partial charge in [-0.1, -0.05) is 13.8 Å². The molecule has 184 valence electrons. The number of aryl methyl sites for hydroxylation is 1. The van der Waals surface area contributed by atoms with Crippen LogP contribution < -0.4 is 21.1 Å². The lowest BCUT2D eigenvalue weighted by Gasteiger charge is -2.58. The Kier molecular flexibility index (Phi) is 6.37. The predicted molar refractivity (Wildman–Crippen MR) is 124 cm³/mol. The van der Waals surface area contributed by atoms with Crippen LogP contribution in [0.1, 0.15) is 76.6 Å². The molecule has 0 saturated heterocycles. The molecule has 9 nitrogen and oxygen atoms in total. The van der Waals surface area contributed by atoms with Crippen molar-refractivity contribution < 1.29 is 19.4 Å². The number of ether oxygens (including phenoxy) is 1. The fourth-order valence-electron chi connectivity index (χ4n) is 6.31. The van der Waals surface area contributed by atoms with Crippen LogP contribution in [0.15, 0.2) is 6.20 Å². The molecule has 0 aromatic carbocycles. The Hall–Kier alpha value is -2.29. The van der Waals surface area contributed by atoms with Gasteiger partial charge in [-0.25, -0.2) is 9.48 Å². The average Bonchev–Trinajstić information content (AvgIpc) is 3.08. The summed E-state index contributed by atoms with van der Waals surface area (Å²) >= 11 is 0. The number of carbonyl (C=O) groups excluding carboxylic acids is 2. The average molecular weight is 462 g/mol. The third-order valence-electron chi connectivity index (χ3n) is 7.54. The predicted octanol–water partition coefficient (Wildman–Crippen LogP) is 2.42. The number of nitrogens with one attached hydrogen (secondary N) is 2. The van der Waals surface area contributed by atoms with Gasteiger partial charge in [0.25, 0.3) is 5.91 Å². The van der Waals surface area contributed by atoms with Gasteiger partial charge in [0.2, 0.25) is 5.88 Å². The van der Waals surface area contributed by atoms with E-state index in [1.165, 1.54) is 0 Å². The highest BCUT2D eigenvalue weighted by Crippen LogP contribution is 2.55. The van der Waals surface area contributed by atoms with E-state index >= 15 is 0 Å². The molecule has 5 N–H and O–H groups in total. The first kappa shape index (κ1) is 23.9. The molecular weight excluding hydrogens is 422 g/mol. The van der Waals surface area contributed by atoms with Crippen LogP contribution in [0.5, 0.6) is 5.88 Å². The van der Waals surface area contributed by atoms with Crippen molar-refractivity contribution in [1.82, 2.24) is 20.4 Å². The lowest BCUT2D eigenvalue weighted by atomic mass is 9.52. The molecule has 4 aliphatic rings. The van der Waals surface area contributed by atoms with Crippen molar-refractivity contribution in [2.24, 2.45) is 29.4 Å². The standard InChI is InChI=1S/C24H39N5O4/c1-14(2)13-33-21-18(12-26-29(21)6-5-23(3,4)28-22(25)31)20(30)27-19-16-7-15-8-17(19)11-24(32,9-15)10-16/h12,14-17,19,32H,5-11,13H2,1-4H3,(H,27,30)(H3,25,28,31)/t15?,16?,17?,19-,24-. The van der Waals surface area contributed by atoms with Gasteiger partial charge in [0.05, 0.1) is 18.4 Å². The number of nitrogens with two attached hydrogens (primary N) is 1. The van der Waals surface area contributed by atoms with Gasteiger partial charge >= 0.3 is 6.03 Å². The van der Waals surface area contributed by atoms with E-state index in [4.69, 9.17) is 10.5 Å². The largest absolute Gasteiger partial charge is 0.477 e. The summed E-state index contributed by atoms with van der Waals surface area (Å²) < 4.78 is 7.74. The Bertz CT molecular complexity index is 879. The molecule has 3 amide bonds. The van der Waals surface area contributed by atoms with E-state index in [-0.39, 0.29) is 11.9 Å². The Balaban J connectivity index is 1.48. The van der Waals surface area contributed by atoms with Crippen LogP contribution in [-0.2, 0) is 6.54 Å². The van der Waals surface area contributed by atoms with Crippen LogP contribution in [0, 0.1) is 23.7 Å². The molecule has 5 rings (SSSR count). The first-order valence-corrected chi connectivity index (χ1v) is 12.2. The zero-order valence-corrected chi connectivity index (χ0v) is 20.3. The van der Waals surface area contributed by atoms with Gasteiger partial charge in [-0.15, -0.1) is 0 Å². The van der Waals surface area contributed by atoms with Crippen LogP contribution in [0.4, 0.5) is 4.79 Å². The second-order valence-corrected chi connectivity index (χ2v) is 11.6. The third-order valence-corrected chi connectivity index (χ3v) is 7.54. The molecule has 9 heteroatoms. The molecule has 2 unspecified atom stereocenters. The number of hydrogen-bond donors (Lipinski definition) is 4. The summed E-state index contributed by atoms with van der Waals surface area (Å²) in [5.74, 6) is 1.84. The molecule has 33 heavy (non-hydrogen) atoms. The van der Waals surface area contributed by atoms with Crippen molar-refractivity contribution in [2.45, 2.75) is 89.9 Å². The van der Waals surface area contributed by atoms with Gasteiger partial charge in [-0.2, -0.15) is 5.10 Å². The second kappa shape index (κ2) is 8.81. The minimum absolute atomic E-state index is 0.0920. The number of rotatable bonds is 9. The molecule has 4 bridgehead atoms. The van der Waals surface area contributed by atoms with Crippen molar-refractivity contribution in [2.75, 3.05) is 6.61 Å².